The van der Waals surface area contributed by atoms with Crippen molar-refractivity contribution in [3.8, 4) is 0 Å². The van der Waals surface area contributed by atoms with Gasteiger partial charge in [0.15, 0.2) is 11.6 Å². The Bertz CT molecular complexity index is 541. The van der Waals surface area contributed by atoms with E-state index in [1.807, 2.05) is 30.3 Å². The van der Waals surface area contributed by atoms with Crippen molar-refractivity contribution < 1.29 is 13.6 Å². The summed E-state index contributed by atoms with van der Waals surface area (Å²) in [7, 11) is 0. The predicted octanol–water partition coefficient (Wildman–Crippen LogP) is 3.52. The summed E-state index contributed by atoms with van der Waals surface area (Å²) in [4.78, 5) is 4.92. The van der Waals surface area contributed by atoms with E-state index in [0.29, 0.717) is 0 Å². The highest BCUT2D eigenvalue weighted by atomic mass is 19.2. The molecule has 0 fully saturated rings. The number of rotatable bonds is 4. The van der Waals surface area contributed by atoms with Crippen molar-refractivity contribution in [3.05, 3.63) is 71.3 Å². The van der Waals surface area contributed by atoms with Gasteiger partial charge in [0.1, 0.15) is 6.61 Å². The van der Waals surface area contributed by atoms with Crippen LogP contribution in [0, 0.1) is 11.6 Å². The Morgan fingerprint density at radius 2 is 1.78 bits per heavy atom. The van der Waals surface area contributed by atoms with Gasteiger partial charge in [0, 0.05) is 5.56 Å². The summed E-state index contributed by atoms with van der Waals surface area (Å²) >= 11 is 0. The molecule has 2 nitrogen and oxygen atoms in total. The number of hydrogen-bond donors (Lipinski definition) is 0. The van der Waals surface area contributed by atoms with Crippen molar-refractivity contribution in [2.75, 3.05) is 0 Å². The molecule has 0 aliphatic carbocycles. The second-order valence-corrected chi connectivity index (χ2v) is 3.63. The van der Waals surface area contributed by atoms with Gasteiger partial charge in [0.25, 0.3) is 0 Å². The van der Waals surface area contributed by atoms with Crippen LogP contribution in [0.5, 0.6) is 0 Å². The van der Waals surface area contributed by atoms with Crippen molar-refractivity contribution in [1.29, 1.82) is 0 Å². The smallest absolute Gasteiger partial charge is 0.165 e. The molecule has 0 spiro atoms. The van der Waals surface area contributed by atoms with E-state index in [-0.39, 0.29) is 12.2 Å². The number of benzene rings is 2. The van der Waals surface area contributed by atoms with Crippen LogP contribution in [0.15, 0.2) is 53.7 Å². The van der Waals surface area contributed by atoms with Gasteiger partial charge in [0.05, 0.1) is 6.21 Å². The zero-order valence-electron chi connectivity index (χ0n) is 9.51. The summed E-state index contributed by atoms with van der Waals surface area (Å²) in [6, 6.07) is 13.3. The largest absolute Gasteiger partial charge is 0.391 e. The van der Waals surface area contributed by atoms with Crippen LogP contribution in [-0.2, 0) is 11.4 Å². The van der Waals surface area contributed by atoms with Crippen LogP contribution in [0.1, 0.15) is 11.1 Å². The van der Waals surface area contributed by atoms with Gasteiger partial charge in [-0.05, 0) is 11.6 Å². The van der Waals surface area contributed by atoms with Crippen molar-refractivity contribution in [2.45, 2.75) is 6.61 Å². The Morgan fingerprint density at radius 3 is 2.56 bits per heavy atom. The molecule has 0 aliphatic rings. The molecule has 92 valence electrons. The summed E-state index contributed by atoms with van der Waals surface area (Å²) in [5.41, 5.74) is 1.01. The Balaban J connectivity index is 1.93. The molecular weight excluding hydrogens is 236 g/mol. The first kappa shape index (κ1) is 12.2. The fraction of sp³-hybridized carbons (Fsp3) is 0.0714. The Morgan fingerprint density at radius 1 is 1.00 bits per heavy atom. The number of nitrogens with zero attached hydrogens (tertiary/aromatic N) is 1. The minimum atomic E-state index is -0.896. The maximum absolute atomic E-state index is 13.2. The summed E-state index contributed by atoms with van der Waals surface area (Å²) in [6.45, 7) is -0.104. The lowest BCUT2D eigenvalue weighted by Crippen LogP contribution is -1.95. The quantitative estimate of drug-likeness (QED) is 0.598. The van der Waals surface area contributed by atoms with Gasteiger partial charge in [-0.3, -0.25) is 0 Å². The molecule has 2 aromatic carbocycles. The molecule has 0 unspecified atom stereocenters. The van der Waals surface area contributed by atoms with Crippen molar-refractivity contribution in [2.24, 2.45) is 5.16 Å². The minimum Gasteiger partial charge on any atom is -0.391 e. The van der Waals surface area contributed by atoms with Crippen LogP contribution < -0.4 is 0 Å². The van der Waals surface area contributed by atoms with E-state index in [1.54, 1.807) is 0 Å². The zero-order valence-corrected chi connectivity index (χ0v) is 9.51. The Kier molecular flexibility index (Phi) is 4.02. The average Bonchev–Trinajstić information content (AvgIpc) is 2.40. The van der Waals surface area contributed by atoms with Crippen LogP contribution in [-0.4, -0.2) is 6.21 Å². The maximum atomic E-state index is 13.2. The molecule has 0 aromatic heterocycles. The molecule has 0 atom stereocenters. The molecule has 2 rings (SSSR count). The highest BCUT2D eigenvalue weighted by Gasteiger charge is 2.07. The van der Waals surface area contributed by atoms with Crippen LogP contribution in [0.4, 0.5) is 8.78 Å². The molecule has 0 saturated carbocycles. The van der Waals surface area contributed by atoms with Crippen LogP contribution in [0.2, 0.25) is 0 Å². The fourth-order valence-corrected chi connectivity index (χ4v) is 1.40. The standard InChI is InChI=1S/C14H11F2NO/c15-13-8-4-7-12(14(13)16)10-18-17-9-11-5-2-1-3-6-11/h1-9H,10H2. The van der Waals surface area contributed by atoms with E-state index in [2.05, 4.69) is 5.16 Å². The lowest BCUT2D eigenvalue weighted by atomic mass is 10.2. The normalized spacial score (nSPS) is 10.8. The SMILES string of the molecule is Fc1cccc(CON=Cc2ccccc2)c1F. The number of hydrogen-bond acceptors (Lipinski definition) is 2. The lowest BCUT2D eigenvalue weighted by Gasteiger charge is -2.02. The molecule has 0 aliphatic heterocycles. The molecule has 0 N–H and O–H groups in total. The minimum absolute atomic E-state index is 0.104. The van der Waals surface area contributed by atoms with Gasteiger partial charge in [-0.2, -0.15) is 0 Å². The van der Waals surface area contributed by atoms with Gasteiger partial charge in [0.2, 0.25) is 0 Å². The number of oxime groups is 1. The molecule has 0 radical (unpaired) electrons. The summed E-state index contributed by atoms with van der Waals surface area (Å²) in [5, 5.41) is 3.69. The zero-order chi connectivity index (χ0) is 12.8. The second kappa shape index (κ2) is 5.91. The average molecular weight is 247 g/mol. The van der Waals surface area contributed by atoms with Gasteiger partial charge >= 0.3 is 0 Å². The van der Waals surface area contributed by atoms with E-state index in [9.17, 15) is 8.78 Å². The first-order chi connectivity index (χ1) is 8.77. The summed E-state index contributed by atoms with van der Waals surface area (Å²) < 4.78 is 26.1. The molecule has 18 heavy (non-hydrogen) atoms. The van der Waals surface area contributed by atoms with Gasteiger partial charge in [-0.25, -0.2) is 8.78 Å². The third-order valence-electron chi connectivity index (χ3n) is 2.33. The van der Waals surface area contributed by atoms with Crippen molar-refractivity contribution >= 4 is 6.21 Å². The number of halogens is 2. The first-order valence-electron chi connectivity index (χ1n) is 5.40. The maximum Gasteiger partial charge on any atom is 0.165 e. The van der Waals surface area contributed by atoms with E-state index in [1.165, 1.54) is 18.3 Å². The third-order valence-corrected chi connectivity index (χ3v) is 2.33. The van der Waals surface area contributed by atoms with Crippen molar-refractivity contribution in [1.82, 2.24) is 0 Å². The second-order valence-electron chi connectivity index (χ2n) is 3.63. The highest BCUT2D eigenvalue weighted by Crippen LogP contribution is 2.12. The van der Waals surface area contributed by atoms with Crippen LogP contribution >= 0.6 is 0 Å². The molecule has 0 bridgehead atoms. The van der Waals surface area contributed by atoms with E-state index < -0.39 is 11.6 Å². The summed E-state index contributed by atoms with van der Waals surface area (Å²) in [6.07, 6.45) is 1.51. The molecule has 0 saturated heterocycles. The topological polar surface area (TPSA) is 21.6 Å². The van der Waals surface area contributed by atoms with Crippen molar-refractivity contribution in [3.63, 3.8) is 0 Å². The first-order valence-corrected chi connectivity index (χ1v) is 5.40. The van der Waals surface area contributed by atoms with E-state index in [4.69, 9.17) is 4.84 Å². The molecule has 4 heteroatoms. The molecule has 2 aromatic rings. The fourth-order valence-electron chi connectivity index (χ4n) is 1.40. The lowest BCUT2D eigenvalue weighted by molar-refractivity contribution is 0.129. The molecular formula is C14H11F2NO. The highest BCUT2D eigenvalue weighted by molar-refractivity contribution is 5.78. The van der Waals surface area contributed by atoms with E-state index >= 15 is 0 Å². The molecule has 0 amide bonds. The van der Waals surface area contributed by atoms with E-state index in [0.717, 1.165) is 11.6 Å². The van der Waals surface area contributed by atoms with Gasteiger partial charge in [-0.15, -0.1) is 0 Å². The molecule has 0 heterocycles. The summed E-state index contributed by atoms with van der Waals surface area (Å²) in [5.74, 6) is -1.78. The Labute approximate surface area is 104 Å². The van der Waals surface area contributed by atoms with Crippen LogP contribution in [0.3, 0.4) is 0 Å². The monoisotopic (exact) mass is 247 g/mol. The predicted molar refractivity (Wildman–Crippen MR) is 65.2 cm³/mol. The van der Waals surface area contributed by atoms with Gasteiger partial charge in [-0.1, -0.05) is 47.6 Å². The Hall–Kier alpha value is -2.23. The van der Waals surface area contributed by atoms with Crippen LogP contribution in [0.25, 0.3) is 0 Å². The third kappa shape index (κ3) is 3.13. The van der Waals surface area contributed by atoms with Gasteiger partial charge < -0.3 is 4.84 Å².